The Balaban J connectivity index is 2.79. The number of anilines is 1. The van der Waals surface area contributed by atoms with Crippen molar-refractivity contribution in [3.8, 4) is 5.75 Å². The van der Waals surface area contributed by atoms with Gasteiger partial charge < -0.3 is 9.84 Å². The minimum Gasteiger partial charge on any atom is -0.508 e. The maximum atomic E-state index is 11.5. The van der Waals surface area contributed by atoms with E-state index in [-0.39, 0.29) is 23.1 Å². The standard InChI is InChI=1S/C9H11ClN2O5S/c1-2-17-9(14)12-18(15,16)11-8-4-3-6(13)5-7(8)10/h3-5,11,13H,2H2,1H3,(H,12,14). The number of hydrogen-bond donors (Lipinski definition) is 3. The van der Waals surface area contributed by atoms with E-state index in [1.165, 1.54) is 19.1 Å². The number of carbonyl (C=O) groups excluding carboxylic acids is 1. The molecule has 0 fully saturated rings. The predicted molar refractivity (Wildman–Crippen MR) is 65.8 cm³/mol. The van der Waals surface area contributed by atoms with E-state index in [0.717, 1.165) is 6.07 Å². The van der Waals surface area contributed by atoms with E-state index in [4.69, 9.17) is 16.7 Å². The van der Waals surface area contributed by atoms with Crippen LogP contribution in [-0.4, -0.2) is 26.2 Å². The predicted octanol–water partition coefficient (Wildman–Crippen LogP) is 1.45. The molecule has 0 saturated carbocycles. The summed E-state index contributed by atoms with van der Waals surface area (Å²) in [5.74, 6) is -0.110. The van der Waals surface area contributed by atoms with Crippen molar-refractivity contribution in [1.29, 1.82) is 0 Å². The van der Waals surface area contributed by atoms with Crippen LogP contribution >= 0.6 is 11.6 Å². The van der Waals surface area contributed by atoms with Crippen LogP contribution in [-0.2, 0) is 14.9 Å². The van der Waals surface area contributed by atoms with E-state index in [1.54, 1.807) is 4.72 Å². The smallest absolute Gasteiger partial charge is 0.422 e. The first-order chi connectivity index (χ1) is 8.34. The molecule has 1 aromatic rings. The van der Waals surface area contributed by atoms with Crippen LogP contribution < -0.4 is 9.44 Å². The number of nitrogens with one attached hydrogen (secondary N) is 2. The molecule has 0 heterocycles. The zero-order chi connectivity index (χ0) is 13.8. The van der Waals surface area contributed by atoms with Crippen LogP contribution in [0, 0.1) is 0 Å². The van der Waals surface area contributed by atoms with Gasteiger partial charge in [0.05, 0.1) is 17.3 Å². The average Bonchev–Trinajstić information content (AvgIpc) is 2.21. The fourth-order valence-electron chi connectivity index (χ4n) is 1.03. The molecule has 1 rings (SSSR count). The third-order valence-electron chi connectivity index (χ3n) is 1.69. The summed E-state index contributed by atoms with van der Waals surface area (Å²) in [4.78, 5) is 11.0. The molecular formula is C9H11ClN2O5S. The number of aromatic hydroxyl groups is 1. The Morgan fingerprint density at radius 3 is 2.72 bits per heavy atom. The maximum absolute atomic E-state index is 11.5. The zero-order valence-electron chi connectivity index (χ0n) is 9.31. The highest BCUT2D eigenvalue weighted by Crippen LogP contribution is 2.26. The summed E-state index contributed by atoms with van der Waals surface area (Å²) >= 11 is 5.70. The second-order valence-electron chi connectivity index (χ2n) is 3.09. The zero-order valence-corrected chi connectivity index (χ0v) is 10.9. The molecule has 0 aliphatic rings. The molecule has 3 N–H and O–H groups in total. The van der Waals surface area contributed by atoms with Crippen LogP contribution in [0.25, 0.3) is 0 Å². The summed E-state index contributed by atoms with van der Waals surface area (Å²) in [6, 6.07) is 3.65. The number of phenolic OH excluding ortho intramolecular Hbond substituents is 1. The Hall–Kier alpha value is -1.67. The number of ether oxygens (including phenoxy) is 1. The molecule has 0 aliphatic heterocycles. The van der Waals surface area contributed by atoms with Crippen LogP contribution in [0.4, 0.5) is 10.5 Å². The molecule has 0 spiro atoms. The summed E-state index contributed by atoms with van der Waals surface area (Å²) in [6.45, 7) is 1.58. The van der Waals surface area contributed by atoms with Crippen molar-refractivity contribution in [2.45, 2.75) is 6.92 Å². The van der Waals surface area contributed by atoms with Gasteiger partial charge in [-0.05, 0) is 19.1 Å². The lowest BCUT2D eigenvalue weighted by atomic mass is 10.3. The molecule has 0 aliphatic carbocycles. The van der Waals surface area contributed by atoms with Crippen molar-refractivity contribution in [3.05, 3.63) is 23.2 Å². The first-order valence-electron chi connectivity index (χ1n) is 4.80. The molecule has 18 heavy (non-hydrogen) atoms. The molecule has 0 aromatic heterocycles. The highest BCUT2D eigenvalue weighted by molar-refractivity contribution is 7.91. The summed E-state index contributed by atoms with van der Waals surface area (Å²) in [7, 11) is -4.13. The van der Waals surface area contributed by atoms with Crippen LogP contribution in [0.2, 0.25) is 5.02 Å². The first-order valence-corrected chi connectivity index (χ1v) is 6.66. The van der Waals surface area contributed by atoms with Gasteiger partial charge in [-0.2, -0.15) is 8.42 Å². The third-order valence-corrected chi connectivity index (χ3v) is 2.93. The number of halogens is 1. The minimum atomic E-state index is -4.13. The molecule has 7 nitrogen and oxygen atoms in total. The Bertz CT molecular complexity index is 546. The second kappa shape index (κ2) is 5.78. The number of phenols is 1. The van der Waals surface area contributed by atoms with Crippen LogP contribution in [0.5, 0.6) is 5.75 Å². The van der Waals surface area contributed by atoms with E-state index in [1.807, 2.05) is 4.72 Å². The Kier molecular flexibility index (Phi) is 4.62. The SMILES string of the molecule is CCOC(=O)NS(=O)(=O)Nc1ccc(O)cc1Cl. The summed E-state index contributed by atoms with van der Waals surface area (Å²) in [5.41, 5.74) is 0.0197. The molecule has 0 atom stereocenters. The first kappa shape index (κ1) is 14.4. The fraction of sp³-hybridized carbons (Fsp3) is 0.222. The van der Waals surface area contributed by atoms with Crippen molar-refractivity contribution in [3.63, 3.8) is 0 Å². The van der Waals surface area contributed by atoms with Gasteiger partial charge in [0.1, 0.15) is 5.75 Å². The molecule has 0 saturated heterocycles. The largest absolute Gasteiger partial charge is 0.508 e. The Morgan fingerprint density at radius 2 is 2.17 bits per heavy atom. The van der Waals surface area contributed by atoms with E-state index in [0.29, 0.717) is 0 Å². The van der Waals surface area contributed by atoms with E-state index in [2.05, 4.69) is 4.74 Å². The lowest BCUT2D eigenvalue weighted by Gasteiger charge is -2.10. The lowest BCUT2D eigenvalue weighted by Crippen LogP contribution is -2.35. The maximum Gasteiger partial charge on any atom is 0.422 e. The van der Waals surface area contributed by atoms with Crippen molar-refractivity contribution in [2.24, 2.45) is 0 Å². The molecular weight excluding hydrogens is 284 g/mol. The molecule has 0 unspecified atom stereocenters. The van der Waals surface area contributed by atoms with Crippen molar-refractivity contribution in [2.75, 3.05) is 11.3 Å². The normalized spacial score (nSPS) is 10.8. The highest BCUT2D eigenvalue weighted by atomic mass is 35.5. The van der Waals surface area contributed by atoms with Gasteiger partial charge in [-0.25, -0.2) is 9.52 Å². The van der Waals surface area contributed by atoms with Gasteiger partial charge >= 0.3 is 16.3 Å². The fourth-order valence-corrected chi connectivity index (χ4v) is 2.10. The van der Waals surface area contributed by atoms with Crippen molar-refractivity contribution >= 4 is 33.6 Å². The van der Waals surface area contributed by atoms with E-state index in [9.17, 15) is 13.2 Å². The molecule has 0 bridgehead atoms. The number of rotatable bonds is 4. The van der Waals surface area contributed by atoms with Crippen LogP contribution in [0.15, 0.2) is 18.2 Å². The highest BCUT2D eigenvalue weighted by Gasteiger charge is 2.16. The number of carbonyl (C=O) groups is 1. The molecule has 1 amide bonds. The number of amides is 1. The van der Waals surface area contributed by atoms with Gasteiger partial charge in [-0.1, -0.05) is 11.6 Å². The van der Waals surface area contributed by atoms with E-state index < -0.39 is 16.3 Å². The second-order valence-corrected chi connectivity index (χ2v) is 4.91. The van der Waals surface area contributed by atoms with Gasteiger partial charge in [0.25, 0.3) is 0 Å². The lowest BCUT2D eigenvalue weighted by molar-refractivity contribution is 0.159. The third kappa shape index (κ3) is 4.30. The summed E-state index contributed by atoms with van der Waals surface area (Å²) in [5, 5.41) is 9.09. The van der Waals surface area contributed by atoms with Crippen molar-refractivity contribution in [1.82, 2.24) is 4.72 Å². The van der Waals surface area contributed by atoms with Gasteiger partial charge in [-0.3, -0.25) is 4.72 Å². The van der Waals surface area contributed by atoms with Crippen LogP contribution in [0.1, 0.15) is 6.92 Å². The molecule has 9 heteroatoms. The monoisotopic (exact) mass is 294 g/mol. The van der Waals surface area contributed by atoms with Gasteiger partial charge in [0, 0.05) is 6.07 Å². The van der Waals surface area contributed by atoms with E-state index >= 15 is 0 Å². The molecule has 100 valence electrons. The number of benzene rings is 1. The Labute approximate surface area is 109 Å². The quantitative estimate of drug-likeness (QED) is 0.729. The van der Waals surface area contributed by atoms with Crippen LogP contribution in [0.3, 0.4) is 0 Å². The topological polar surface area (TPSA) is 105 Å². The summed E-state index contributed by atoms with van der Waals surface area (Å²) < 4.78 is 31.0. The number of hydrogen-bond acceptors (Lipinski definition) is 5. The molecule has 1 aromatic carbocycles. The minimum absolute atomic E-state index is 0.00997. The molecule has 0 radical (unpaired) electrons. The Morgan fingerprint density at radius 1 is 1.50 bits per heavy atom. The van der Waals surface area contributed by atoms with Gasteiger partial charge in [-0.15, -0.1) is 0 Å². The summed E-state index contributed by atoms with van der Waals surface area (Å²) in [6.07, 6.45) is -1.10. The van der Waals surface area contributed by atoms with Crippen molar-refractivity contribution < 1.29 is 23.1 Å². The van der Waals surface area contributed by atoms with Gasteiger partial charge in [0.15, 0.2) is 0 Å². The average molecular weight is 295 g/mol. The van der Waals surface area contributed by atoms with Gasteiger partial charge in [0.2, 0.25) is 0 Å².